The Bertz CT molecular complexity index is 836. The molecule has 0 fully saturated rings. The van der Waals surface area contributed by atoms with E-state index in [1.165, 1.54) is 0 Å². The van der Waals surface area contributed by atoms with Crippen LogP contribution in [0.2, 0.25) is 0 Å². The zero-order valence-electron chi connectivity index (χ0n) is 11.2. The van der Waals surface area contributed by atoms with Gasteiger partial charge in [0.05, 0.1) is 11.4 Å². The van der Waals surface area contributed by atoms with E-state index in [0.717, 1.165) is 22.0 Å². The molecule has 0 amide bonds. The summed E-state index contributed by atoms with van der Waals surface area (Å²) >= 11 is 0. The van der Waals surface area contributed by atoms with Gasteiger partial charge in [-0.25, -0.2) is 0 Å². The number of nitrogen functional groups attached to an aromatic ring is 1. The number of rotatable bonds is 2. The van der Waals surface area contributed by atoms with E-state index in [4.69, 9.17) is 5.73 Å². The molecule has 2 aromatic heterocycles. The van der Waals surface area contributed by atoms with Gasteiger partial charge in [0, 0.05) is 29.9 Å². The van der Waals surface area contributed by atoms with Gasteiger partial charge in [-0.2, -0.15) is 0 Å². The summed E-state index contributed by atoms with van der Waals surface area (Å²) in [5, 5.41) is 2.21. The Morgan fingerprint density at radius 2 is 1.95 bits per heavy atom. The maximum absolute atomic E-state index is 11.8. The SMILES string of the molecule is CCn1cc(-c2cc3ccccc3cn2)cc(N)c1=O. The molecule has 4 nitrogen and oxygen atoms in total. The number of aryl methyl sites for hydroxylation is 1. The molecule has 0 aliphatic carbocycles. The highest BCUT2D eigenvalue weighted by molar-refractivity contribution is 5.85. The lowest BCUT2D eigenvalue weighted by Gasteiger charge is -2.08. The van der Waals surface area contributed by atoms with E-state index in [-0.39, 0.29) is 11.2 Å². The number of aromatic nitrogens is 2. The molecular weight excluding hydrogens is 250 g/mol. The van der Waals surface area contributed by atoms with Crippen molar-refractivity contribution in [3.63, 3.8) is 0 Å². The molecule has 20 heavy (non-hydrogen) atoms. The average molecular weight is 265 g/mol. The number of nitrogens with two attached hydrogens (primary N) is 1. The van der Waals surface area contributed by atoms with Crippen LogP contribution in [-0.4, -0.2) is 9.55 Å². The molecular formula is C16H15N3O. The first kappa shape index (κ1) is 12.4. The molecule has 2 heterocycles. The molecule has 0 aliphatic heterocycles. The molecule has 3 rings (SSSR count). The Kier molecular flexibility index (Phi) is 2.99. The molecule has 0 radical (unpaired) electrons. The largest absolute Gasteiger partial charge is 0.394 e. The minimum Gasteiger partial charge on any atom is -0.394 e. The van der Waals surface area contributed by atoms with E-state index in [1.54, 1.807) is 16.8 Å². The van der Waals surface area contributed by atoms with Crippen molar-refractivity contribution in [2.24, 2.45) is 0 Å². The van der Waals surface area contributed by atoms with Crippen LogP contribution in [-0.2, 0) is 6.54 Å². The van der Waals surface area contributed by atoms with E-state index in [2.05, 4.69) is 4.98 Å². The number of hydrogen-bond acceptors (Lipinski definition) is 3. The monoisotopic (exact) mass is 265 g/mol. The van der Waals surface area contributed by atoms with Crippen LogP contribution in [0.15, 0.2) is 53.6 Å². The van der Waals surface area contributed by atoms with Crippen LogP contribution in [0.25, 0.3) is 22.0 Å². The highest BCUT2D eigenvalue weighted by atomic mass is 16.1. The predicted octanol–water partition coefficient (Wildman–Crippen LogP) is 2.67. The molecule has 0 aliphatic rings. The molecule has 4 heteroatoms. The summed E-state index contributed by atoms with van der Waals surface area (Å²) in [5.74, 6) is 0. The third-order valence-electron chi connectivity index (χ3n) is 3.38. The molecule has 100 valence electrons. The van der Waals surface area contributed by atoms with Crippen molar-refractivity contribution >= 4 is 16.5 Å². The molecule has 0 saturated heterocycles. The van der Waals surface area contributed by atoms with Gasteiger partial charge in [-0.05, 0) is 24.4 Å². The van der Waals surface area contributed by atoms with Gasteiger partial charge in [-0.1, -0.05) is 24.3 Å². The maximum atomic E-state index is 11.8. The summed E-state index contributed by atoms with van der Waals surface area (Å²) in [6.07, 6.45) is 3.64. The fraction of sp³-hybridized carbons (Fsp3) is 0.125. The molecule has 0 saturated carbocycles. The van der Waals surface area contributed by atoms with Gasteiger partial charge < -0.3 is 10.3 Å². The second-order valence-corrected chi connectivity index (χ2v) is 4.69. The molecule has 0 unspecified atom stereocenters. The van der Waals surface area contributed by atoms with E-state index in [0.29, 0.717) is 6.54 Å². The van der Waals surface area contributed by atoms with Crippen LogP contribution in [0, 0.1) is 0 Å². The number of anilines is 1. The summed E-state index contributed by atoms with van der Waals surface area (Å²) in [6.45, 7) is 2.50. The highest BCUT2D eigenvalue weighted by Gasteiger charge is 2.06. The van der Waals surface area contributed by atoms with Crippen LogP contribution >= 0.6 is 0 Å². The van der Waals surface area contributed by atoms with Crippen LogP contribution in [0.1, 0.15) is 6.92 Å². The molecule has 3 aromatic rings. The van der Waals surface area contributed by atoms with Crippen LogP contribution < -0.4 is 11.3 Å². The molecule has 0 atom stereocenters. The van der Waals surface area contributed by atoms with Crippen molar-refractivity contribution in [1.29, 1.82) is 0 Å². The van der Waals surface area contributed by atoms with Crippen molar-refractivity contribution in [2.75, 3.05) is 5.73 Å². The Hall–Kier alpha value is -2.62. The van der Waals surface area contributed by atoms with Crippen molar-refractivity contribution in [2.45, 2.75) is 13.5 Å². The first-order valence-electron chi connectivity index (χ1n) is 6.54. The first-order valence-corrected chi connectivity index (χ1v) is 6.54. The van der Waals surface area contributed by atoms with E-state index in [1.807, 2.05) is 43.5 Å². The van der Waals surface area contributed by atoms with Crippen molar-refractivity contribution < 1.29 is 0 Å². The number of nitrogens with zero attached hydrogens (tertiary/aromatic N) is 2. The van der Waals surface area contributed by atoms with Crippen molar-refractivity contribution in [1.82, 2.24) is 9.55 Å². The second kappa shape index (κ2) is 4.81. The summed E-state index contributed by atoms with van der Waals surface area (Å²) in [7, 11) is 0. The Labute approximate surface area is 116 Å². The van der Waals surface area contributed by atoms with E-state index in [9.17, 15) is 4.79 Å². The molecule has 1 aromatic carbocycles. The van der Waals surface area contributed by atoms with Gasteiger partial charge in [0.25, 0.3) is 5.56 Å². The quantitative estimate of drug-likeness (QED) is 0.775. The maximum Gasteiger partial charge on any atom is 0.273 e. The van der Waals surface area contributed by atoms with Gasteiger partial charge in [0.2, 0.25) is 0 Å². The zero-order chi connectivity index (χ0) is 14.1. The second-order valence-electron chi connectivity index (χ2n) is 4.69. The summed E-state index contributed by atoms with van der Waals surface area (Å²) in [4.78, 5) is 16.3. The fourth-order valence-electron chi connectivity index (χ4n) is 2.28. The Morgan fingerprint density at radius 3 is 2.70 bits per heavy atom. The first-order chi connectivity index (χ1) is 9.69. The standard InChI is InChI=1S/C16H15N3O/c1-2-19-10-13(7-14(17)16(19)20)15-8-11-5-3-4-6-12(11)9-18-15/h3-10H,2,17H2,1H3. The topological polar surface area (TPSA) is 60.9 Å². The van der Waals surface area contributed by atoms with Crippen LogP contribution in [0.3, 0.4) is 0 Å². The Balaban J connectivity index is 2.20. The van der Waals surface area contributed by atoms with Gasteiger partial charge in [-0.15, -0.1) is 0 Å². The third-order valence-corrected chi connectivity index (χ3v) is 3.38. The normalized spacial score (nSPS) is 10.8. The fourth-order valence-corrected chi connectivity index (χ4v) is 2.28. The smallest absolute Gasteiger partial charge is 0.273 e. The Morgan fingerprint density at radius 1 is 1.20 bits per heavy atom. The minimum atomic E-state index is -0.156. The predicted molar refractivity (Wildman–Crippen MR) is 81.5 cm³/mol. The van der Waals surface area contributed by atoms with Crippen LogP contribution in [0.4, 0.5) is 5.69 Å². The lowest BCUT2D eigenvalue weighted by atomic mass is 10.1. The number of pyridine rings is 2. The van der Waals surface area contributed by atoms with Gasteiger partial charge in [0.1, 0.15) is 0 Å². The lowest BCUT2D eigenvalue weighted by molar-refractivity contribution is 0.731. The van der Waals surface area contributed by atoms with E-state index >= 15 is 0 Å². The zero-order valence-corrected chi connectivity index (χ0v) is 11.2. The van der Waals surface area contributed by atoms with Gasteiger partial charge in [-0.3, -0.25) is 9.78 Å². The lowest BCUT2D eigenvalue weighted by Crippen LogP contribution is -2.21. The molecule has 0 spiro atoms. The van der Waals surface area contributed by atoms with Gasteiger partial charge >= 0.3 is 0 Å². The van der Waals surface area contributed by atoms with Crippen LogP contribution in [0.5, 0.6) is 0 Å². The molecule has 2 N–H and O–H groups in total. The van der Waals surface area contributed by atoms with Crippen molar-refractivity contribution in [3.8, 4) is 11.3 Å². The number of hydrogen-bond donors (Lipinski definition) is 1. The summed E-state index contributed by atoms with van der Waals surface area (Å²) < 4.78 is 1.60. The minimum absolute atomic E-state index is 0.156. The summed E-state index contributed by atoms with van der Waals surface area (Å²) in [5.41, 5.74) is 7.55. The number of fused-ring (bicyclic) bond motifs is 1. The van der Waals surface area contributed by atoms with E-state index < -0.39 is 0 Å². The highest BCUT2D eigenvalue weighted by Crippen LogP contribution is 2.22. The number of benzene rings is 1. The summed E-state index contributed by atoms with van der Waals surface area (Å²) in [6, 6.07) is 11.7. The van der Waals surface area contributed by atoms with Gasteiger partial charge in [0.15, 0.2) is 0 Å². The van der Waals surface area contributed by atoms with Crippen molar-refractivity contribution in [3.05, 3.63) is 59.1 Å². The third kappa shape index (κ3) is 2.05. The molecule has 0 bridgehead atoms. The average Bonchev–Trinajstić information content (AvgIpc) is 2.49.